The molecule has 23 heavy (non-hydrogen) atoms. The van der Waals surface area contributed by atoms with Crippen molar-refractivity contribution in [2.45, 2.75) is 32.0 Å². The molecule has 0 fully saturated rings. The fourth-order valence-corrected chi connectivity index (χ4v) is 3.77. The zero-order valence-electron chi connectivity index (χ0n) is 13.6. The highest BCUT2D eigenvalue weighted by atomic mass is 32.2. The lowest BCUT2D eigenvalue weighted by molar-refractivity contribution is -0.0119. The molecule has 0 spiro atoms. The third kappa shape index (κ3) is 3.02. The van der Waals surface area contributed by atoms with Crippen LogP contribution in [0.4, 0.5) is 0 Å². The average molecular weight is 323 g/mol. The van der Waals surface area contributed by atoms with Crippen molar-refractivity contribution in [1.29, 1.82) is 5.26 Å². The van der Waals surface area contributed by atoms with E-state index < -0.39 is 0 Å². The number of rotatable bonds is 5. The van der Waals surface area contributed by atoms with Crippen molar-refractivity contribution in [1.82, 2.24) is 0 Å². The highest BCUT2D eigenvalue weighted by molar-refractivity contribution is 7.98. The van der Waals surface area contributed by atoms with Crippen LogP contribution in [-0.4, -0.2) is 12.0 Å². The number of nitrogens with zero attached hydrogens (tertiary/aromatic N) is 1. The van der Waals surface area contributed by atoms with Crippen molar-refractivity contribution in [3.63, 3.8) is 0 Å². The summed E-state index contributed by atoms with van der Waals surface area (Å²) in [4.78, 5) is 0. The van der Waals surface area contributed by atoms with Crippen LogP contribution in [0.3, 0.4) is 0 Å². The van der Waals surface area contributed by atoms with Crippen molar-refractivity contribution in [3.05, 3.63) is 70.3 Å². The van der Waals surface area contributed by atoms with Gasteiger partial charge in [-0.2, -0.15) is 17.0 Å². The lowest BCUT2D eigenvalue weighted by Crippen LogP contribution is -2.27. The Bertz CT molecular complexity index is 732. The standard InChI is InChI=1S/C20H21NOS/c1-15-4-7-18(8-5-15)20(10-3-11-23-2)19-9-6-16(13-21)12-17(19)14-22-20/h4-9,12H,3,10-11,14H2,1-2H3. The van der Waals surface area contributed by atoms with E-state index in [1.807, 2.05) is 23.9 Å². The first kappa shape index (κ1) is 16.1. The van der Waals surface area contributed by atoms with Crippen molar-refractivity contribution in [3.8, 4) is 6.07 Å². The number of benzene rings is 2. The van der Waals surface area contributed by atoms with Crippen LogP contribution in [0.25, 0.3) is 0 Å². The molecule has 118 valence electrons. The first-order chi connectivity index (χ1) is 11.2. The largest absolute Gasteiger partial charge is 0.361 e. The van der Waals surface area contributed by atoms with E-state index in [9.17, 15) is 0 Å². The first-order valence-corrected chi connectivity index (χ1v) is 9.32. The third-order valence-corrected chi connectivity index (χ3v) is 5.24. The quantitative estimate of drug-likeness (QED) is 0.742. The molecule has 1 atom stereocenters. The molecular formula is C20H21NOS. The summed E-state index contributed by atoms with van der Waals surface area (Å²) in [5, 5.41) is 9.13. The minimum Gasteiger partial charge on any atom is -0.361 e. The van der Waals surface area contributed by atoms with Gasteiger partial charge in [-0.1, -0.05) is 35.9 Å². The van der Waals surface area contributed by atoms with Crippen LogP contribution in [0.5, 0.6) is 0 Å². The summed E-state index contributed by atoms with van der Waals surface area (Å²) in [6.07, 6.45) is 4.21. The Hall–Kier alpha value is -1.76. The van der Waals surface area contributed by atoms with Crippen molar-refractivity contribution in [2.24, 2.45) is 0 Å². The highest BCUT2D eigenvalue weighted by Crippen LogP contribution is 2.45. The van der Waals surface area contributed by atoms with E-state index >= 15 is 0 Å². The zero-order valence-corrected chi connectivity index (χ0v) is 14.5. The molecule has 1 aliphatic rings. The molecule has 0 saturated heterocycles. The number of fused-ring (bicyclic) bond motifs is 1. The summed E-state index contributed by atoms with van der Waals surface area (Å²) in [5.41, 5.74) is 5.18. The topological polar surface area (TPSA) is 33.0 Å². The molecule has 0 saturated carbocycles. The Morgan fingerprint density at radius 3 is 2.70 bits per heavy atom. The van der Waals surface area contributed by atoms with Crippen LogP contribution in [0.2, 0.25) is 0 Å². The van der Waals surface area contributed by atoms with Gasteiger partial charge in [-0.3, -0.25) is 0 Å². The Kier molecular flexibility index (Phi) is 4.75. The van der Waals surface area contributed by atoms with E-state index in [1.54, 1.807) is 0 Å². The molecule has 3 heteroatoms. The van der Waals surface area contributed by atoms with Gasteiger partial charge >= 0.3 is 0 Å². The molecule has 3 rings (SSSR count). The van der Waals surface area contributed by atoms with Crippen LogP contribution < -0.4 is 0 Å². The summed E-state index contributed by atoms with van der Waals surface area (Å²) in [7, 11) is 0. The average Bonchev–Trinajstić information content (AvgIpc) is 2.95. The van der Waals surface area contributed by atoms with Gasteiger partial charge in [0.25, 0.3) is 0 Å². The van der Waals surface area contributed by atoms with Gasteiger partial charge in [-0.05, 0) is 60.6 Å². The Morgan fingerprint density at radius 1 is 1.22 bits per heavy atom. The molecule has 0 radical (unpaired) electrons. The maximum Gasteiger partial charge on any atom is 0.119 e. The summed E-state index contributed by atoms with van der Waals surface area (Å²) in [6, 6.07) is 16.9. The van der Waals surface area contributed by atoms with Crippen LogP contribution in [-0.2, 0) is 16.9 Å². The van der Waals surface area contributed by atoms with Crippen LogP contribution in [0.1, 0.15) is 40.7 Å². The van der Waals surface area contributed by atoms with E-state index in [0.717, 1.165) is 24.2 Å². The molecule has 2 aromatic rings. The van der Waals surface area contributed by atoms with E-state index in [0.29, 0.717) is 12.2 Å². The van der Waals surface area contributed by atoms with Gasteiger partial charge in [0, 0.05) is 0 Å². The smallest absolute Gasteiger partial charge is 0.119 e. The number of hydrogen-bond donors (Lipinski definition) is 0. The van der Waals surface area contributed by atoms with Gasteiger partial charge in [0.2, 0.25) is 0 Å². The summed E-state index contributed by atoms with van der Waals surface area (Å²) in [5.74, 6) is 1.13. The van der Waals surface area contributed by atoms with E-state index in [2.05, 4.69) is 49.6 Å². The predicted molar refractivity (Wildman–Crippen MR) is 95.5 cm³/mol. The number of aryl methyl sites for hydroxylation is 1. The predicted octanol–water partition coefficient (Wildman–Crippen LogP) is 4.78. The molecule has 0 aliphatic carbocycles. The number of hydrogen-bond acceptors (Lipinski definition) is 3. The first-order valence-electron chi connectivity index (χ1n) is 7.93. The van der Waals surface area contributed by atoms with Crippen molar-refractivity contribution < 1.29 is 4.74 Å². The molecule has 1 heterocycles. The second kappa shape index (κ2) is 6.78. The summed E-state index contributed by atoms with van der Waals surface area (Å²) < 4.78 is 6.36. The summed E-state index contributed by atoms with van der Waals surface area (Å²) >= 11 is 1.87. The van der Waals surface area contributed by atoms with Crippen LogP contribution >= 0.6 is 11.8 Å². The molecule has 1 aliphatic heterocycles. The van der Waals surface area contributed by atoms with Crippen LogP contribution in [0.15, 0.2) is 42.5 Å². The second-order valence-corrected chi connectivity index (χ2v) is 7.05. The second-order valence-electron chi connectivity index (χ2n) is 6.06. The van der Waals surface area contributed by atoms with Crippen LogP contribution in [0, 0.1) is 18.3 Å². The van der Waals surface area contributed by atoms with Gasteiger partial charge in [0.1, 0.15) is 5.60 Å². The fourth-order valence-electron chi connectivity index (χ4n) is 3.33. The van der Waals surface area contributed by atoms with Gasteiger partial charge in [0.05, 0.1) is 18.2 Å². The zero-order chi connectivity index (χ0) is 16.3. The molecule has 2 nitrogen and oxygen atoms in total. The molecule has 0 N–H and O–H groups in total. The Balaban J connectivity index is 2.05. The van der Waals surface area contributed by atoms with E-state index in [-0.39, 0.29) is 5.60 Å². The monoisotopic (exact) mass is 323 g/mol. The Morgan fingerprint density at radius 2 is 2.00 bits per heavy atom. The number of ether oxygens (including phenoxy) is 1. The summed E-state index contributed by atoms with van der Waals surface area (Å²) in [6.45, 7) is 2.69. The normalized spacial score (nSPS) is 19.3. The van der Waals surface area contributed by atoms with Crippen molar-refractivity contribution >= 4 is 11.8 Å². The molecule has 0 aromatic heterocycles. The lowest BCUT2D eigenvalue weighted by atomic mass is 9.81. The molecule has 2 aromatic carbocycles. The van der Waals surface area contributed by atoms with Gasteiger partial charge < -0.3 is 4.74 Å². The minimum atomic E-state index is -0.368. The Labute approximate surface area is 142 Å². The van der Waals surface area contributed by atoms with Gasteiger partial charge in [-0.15, -0.1) is 0 Å². The maximum atomic E-state index is 9.13. The fraction of sp³-hybridized carbons (Fsp3) is 0.350. The highest BCUT2D eigenvalue weighted by Gasteiger charge is 2.41. The minimum absolute atomic E-state index is 0.368. The van der Waals surface area contributed by atoms with Gasteiger partial charge in [0.15, 0.2) is 0 Å². The number of thioether (sulfide) groups is 1. The van der Waals surface area contributed by atoms with Crippen molar-refractivity contribution in [2.75, 3.05) is 12.0 Å². The number of nitriles is 1. The van der Waals surface area contributed by atoms with E-state index in [4.69, 9.17) is 10.00 Å². The third-order valence-electron chi connectivity index (χ3n) is 4.54. The van der Waals surface area contributed by atoms with Gasteiger partial charge in [-0.25, -0.2) is 0 Å². The molecule has 1 unspecified atom stereocenters. The maximum absolute atomic E-state index is 9.13. The SMILES string of the molecule is CSCCCC1(c2ccc(C)cc2)OCc2cc(C#N)ccc21. The molecular weight excluding hydrogens is 302 g/mol. The van der Waals surface area contributed by atoms with E-state index in [1.165, 1.54) is 16.7 Å². The molecule has 0 amide bonds. The lowest BCUT2D eigenvalue weighted by Gasteiger charge is -2.30. The molecule has 0 bridgehead atoms.